The van der Waals surface area contributed by atoms with Gasteiger partial charge in [0.05, 0.1) is 11.2 Å². The van der Waals surface area contributed by atoms with Crippen molar-refractivity contribution in [2.75, 3.05) is 18.0 Å². The molecule has 4 rings (SSSR count). The average Bonchev–Trinajstić information content (AvgIpc) is 2.81. The van der Waals surface area contributed by atoms with Gasteiger partial charge >= 0.3 is 0 Å². The van der Waals surface area contributed by atoms with Gasteiger partial charge in [0.2, 0.25) is 0 Å². The summed E-state index contributed by atoms with van der Waals surface area (Å²) >= 11 is 0. The molecule has 0 radical (unpaired) electrons. The number of aryl methyl sites for hydroxylation is 2. The van der Waals surface area contributed by atoms with Crippen molar-refractivity contribution in [1.82, 2.24) is 9.55 Å². The number of rotatable bonds is 6. The summed E-state index contributed by atoms with van der Waals surface area (Å²) in [6, 6.07) is 15.6. The van der Waals surface area contributed by atoms with Crippen molar-refractivity contribution in [1.29, 1.82) is 5.26 Å². The SMILES string of the molecule is CCCCc1ccc(OC2CCN(c3cc(=O)n(C)c4ccc(C#N)nc34)CC2)cc1. The number of nitrogens with zero attached hydrogens (tertiary/aromatic N) is 4. The van der Waals surface area contributed by atoms with Crippen LogP contribution in [0.1, 0.15) is 43.9 Å². The number of aromatic nitrogens is 2. The summed E-state index contributed by atoms with van der Waals surface area (Å²) in [6.45, 7) is 3.76. The Morgan fingerprint density at radius 1 is 1.16 bits per heavy atom. The summed E-state index contributed by atoms with van der Waals surface area (Å²) in [4.78, 5) is 19.1. The number of anilines is 1. The van der Waals surface area contributed by atoms with Crippen LogP contribution in [-0.2, 0) is 13.5 Å². The van der Waals surface area contributed by atoms with Gasteiger partial charge in [0.15, 0.2) is 0 Å². The van der Waals surface area contributed by atoms with Crippen molar-refractivity contribution in [3.05, 3.63) is 64.1 Å². The molecule has 160 valence electrons. The van der Waals surface area contributed by atoms with Gasteiger partial charge in [-0.25, -0.2) is 4.98 Å². The zero-order chi connectivity index (χ0) is 21.8. The number of ether oxygens (including phenoxy) is 1. The van der Waals surface area contributed by atoms with Crippen molar-refractivity contribution in [2.45, 2.75) is 45.1 Å². The van der Waals surface area contributed by atoms with E-state index in [0.717, 1.165) is 49.3 Å². The number of unbranched alkanes of at least 4 members (excludes halogenated alkanes) is 1. The summed E-state index contributed by atoms with van der Waals surface area (Å²) in [7, 11) is 1.73. The van der Waals surface area contributed by atoms with E-state index in [2.05, 4.69) is 47.1 Å². The third kappa shape index (κ3) is 4.56. The summed E-state index contributed by atoms with van der Waals surface area (Å²) in [5, 5.41) is 9.25. The van der Waals surface area contributed by atoms with Gasteiger partial charge in [-0.3, -0.25) is 4.79 Å². The second-order valence-corrected chi connectivity index (χ2v) is 8.15. The fraction of sp³-hybridized carbons (Fsp3) is 0.400. The Morgan fingerprint density at radius 2 is 1.90 bits per heavy atom. The zero-order valence-corrected chi connectivity index (χ0v) is 18.2. The molecule has 0 bridgehead atoms. The fourth-order valence-corrected chi connectivity index (χ4v) is 4.14. The summed E-state index contributed by atoms with van der Waals surface area (Å²) in [6.07, 6.45) is 5.41. The maximum atomic E-state index is 12.5. The van der Waals surface area contributed by atoms with Gasteiger partial charge in [-0.15, -0.1) is 0 Å². The first kappa shape index (κ1) is 20.9. The molecule has 1 saturated heterocycles. The van der Waals surface area contributed by atoms with Crippen LogP contribution in [0, 0.1) is 11.3 Å². The molecule has 3 aromatic rings. The van der Waals surface area contributed by atoms with E-state index in [0.29, 0.717) is 11.2 Å². The fourth-order valence-electron chi connectivity index (χ4n) is 4.14. The zero-order valence-electron chi connectivity index (χ0n) is 18.2. The predicted molar refractivity (Wildman–Crippen MR) is 123 cm³/mol. The van der Waals surface area contributed by atoms with Gasteiger partial charge in [-0.1, -0.05) is 25.5 Å². The lowest BCUT2D eigenvalue weighted by atomic mass is 10.1. The number of piperidine rings is 1. The van der Waals surface area contributed by atoms with Gasteiger partial charge in [0, 0.05) is 39.0 Å². The molecule has 0 unspecified atom stereocenters. The van der Waals surface area contributed by atoms with Crippen molar-refractivity contribution < 1.29 is 4.74 Å². The summed E-state index contributed by atoms with van der Waals surface area (Å²) in [5.41, 5.74) is 3.87. The molecule has 0 saturated carbocycles. The van der Waals surface area contributed by atoms with Gasteiger partial charge in [-0.2, -0.15) is 5.26 Å². The third-order valence-corrected chi connectivity index (χ3v) is 6.01. The molecule has 1 aliphatic rings. The molecule has 0 aliphatic carbocycles. The Kier molecular flexibility index (Phi) is 6.22. The minimum absolute atomic E-state index is 0.0736. The first-order chi connectivity index (χ1) is 15.1. The van der Waals surface area contributed by atoms with Crippen molar-refractivity contribution in [3.63, 3.8) is 0 Å². The lowest BCUT2D eigenvalue weighted by Gasteiger charge is -2.34. The number of fused-ring (bicyclic) bond motifs is 1. The van der Waals surface area contributed by atoms with Crippen LogP contribution in [-0.4, -0.2) is 28.7 Å². The van der Waals surface area contributed by atoms with Crippen molar-refractivity contribution in [2.24, 2.45) is 7.05 Å². The smallest absolute Gasteiger partial charge is 0.252 e. The molecular weight excluding hydrogens is 388 g/mol. The highest BCUT2D eigenvalue weighted by Gasteiger charge is 2.23. The largest absolute Gasteiger partial charge is 0.490 e. The van der Waals surface area contributed by atoms with E-state index < -0.39 is 0 Å². The Labute approximate surface area is 182 Å². The second-order valence-electron chi connectivity index (χ2n) is 8.15. The Morgan fingerprint density at radius 3 is 2.58 bits per heavy atom. The highest BCUT2D eigenvalue weighted by molar-refractivity contribution is 5.88. The maximum Gasteiger partial charge on any atom is 0.252 e. The number of hydrogen-bond donors (Lipinski definition) is 0. The molecule has 6 heteroatoms. The normalized spacial score (nSPS) is 14.5. The lowest BCUT2D eigenvalue weighted by Crippen LogP contribution is -2.39. The number of pyridine rings is 2. The summed E-state index contributed by atoms with van der Waals surface area (Å²) in [5.74, 6) is 0.915. The summed E-state index contributed by atoms with van der Waals surface area (Å²) < 4.78 is 7.79. The first-order valence-corrected chi connectivity index (χ1v) is 11.0. The number of benzene rings is 1. The van der Waals surface area contributed by atoms with Crippen LogP contribution >= 0.6 is 0 Å². The molecule has 1 aliphatic heterocycles. The molecule has 2 aromatic heterocycles. The molecule has 0 spiro atoms. The maximum absolute atomic E-state index is 12.5. The van der Waals surface area contributed by atoms with Crippen LogP contribution < -0.4 is 15.2 Å². The third-order valence-electron chi connectivity index (χ3n) is 6.01. The number of nitriles is 1. The van der Waals surface area contributed by atoms with Crippen molar-refractivity contribution >= 4 is 16.7 Å². The predicted octanol–water partition coefficient (Wildman–Crippen LogP) is 4.20. The van der Waals surface area contributed by atoms with Crippen molar-refractivity contribution in [3.8, 4) is 11.8 Å². The van der Waals surface area contributed by atoms with Crippen LogP contribution in [0.3, 0.4) is 0 Å². The minimum atomic E-state index is -0.0736. The average molecular weight is 417 g/mol. The topological polar surface area (TPSA) is 71.2 Å². The van der Waals surface area contributed by atoms with Crippen LogP contribution in [0.5, 0.6) is 5.75 Å². The standard InChI is InChI=1S/C25H28N4O2/c1-3-4-5-18-6-9-20(10-7-18)31-21-12-14-29(15-13-21)23-16-24(30)28(2)22-11-8-19(17-26)27-25(22)23/h6-11,16,21H,3-5,12-15H2,1-2H3. The van der Waals surface area contributed by atoms with E-state index in [-0.39, 0.29) is 11.7 Å². The lowest BCUT2D eigenvalue weighted by molar-refractivity contribution is 0.171. The van der Waals surface area contributed by atoms with Gasteiger partial charge in [0.25, 0.3) is 5.56 Å². The Hall–Kier alpha value is -3.33. The molecule has 0 N–H and O–H groups in total. The van der Waals surface area contributed by atoms with E-state index in [4.69, 9.17) is 4.74 Å². The van der Waals surface area contributed by atoms with Crippen LogP contribution in [0.15, 0.2) is 47.3 Å². The Bertz CT molecular complexity index is 1150. The van der Waals surface area contributed by atoms with Gasteiger partial charge in [-0.05, 0) is 42.7 Å². The Balaban J connectivity index is 1.46. The van der Waals surface area contributed by atoms with Crippen LogP contribution in [0.2, 0.25) is 0 Å². The van der Waals surface area contributed by atoms with E-state index in [1.165, 1.54) is 18.4 Å². The van der Waals surface area contributed by atoms with E-state index in [1.54, 1.807) is 29.8 Å². The van der Waals surface area contributed by atoms with Crippen LogP contribution in [0.25, 0.3) is 11.0 Å². The number of hydrogen-bond acceptors (Lipinski definition) is 5. The molecule has 3 heterocycles. The molecule has 6 nitrogen and oxygen atoms in total. The molecule has 1 aromatic carbocycles. The van der Waals surface area contributed by atoms with E-state index in [9.17, 15) is 10.1 Å². The van der Waals surface area contributed by atoms with Gasteiger partial charge in [0.1, 0.15) is 29.1 Å². The highest BCUT2D eigenvalue weighted by atomic mass is 16.5. The van der Waals surface area contributed by atoms with Gasteiger partial charge < -0.3 is 14.2 Å². The molecule has 1 fully saturated rings. The quantitative estimate of drug-likeness (QED) is 0.602. The van der Waals surface area contributed by atoms with E-state index in [1.807, 2.05) is 0 Å². The van der Waals surface area contributed by atoms with Crippen LogP contribution in [0.4, 0.5) is 5.69 Å². The molecule has 0 amide bonds. The highest BCUT2D eigenvalue weighted by Crippen LogP contribution is 2.28. The monoisotopic (exact) mass is 416 g/mol. The minimum Gasteiger partial charge on any atom is -0.490 e. The van der Waals surface area contributed by atoms with E-state index >= 15 is 0 Å². The molecule has 31 heavy (non-hydrogen) atoms. The molecular formula is C25H28N4O2. The first-order valence-electron chi connectivity index (χ1n) is 11.0. The molecule has 0 atom stereocenters. The second kappa shape index (κ2) is 9.22.